The van der Waals surface area contributed by atoms with E-state index in [1.807, 2.05) is 0 Å². The highest BCUT2D eigenvalue weighted by Gasteiger charge is 2.19. The Morgan fingerprint density at radius 3 is 2.14 bits per heavy atom. The number of benzene rings is 2. The zero-order valence-electron chi connectivity index (χ0n) is 23.4. The van der Waals surface area contributed by atoms with Gasteiger partial charge in [0.05, 0.1) is 11.8 Å². The molecule has 36 heavy (non-hydrogen) atoms. The molecule has 0 unspecified atom stereocenters. The van der Waals surface area contributed by atoms with Gasteiger partial charge in [0.1, 0.15) is 5.75 Å². The van der Waals surface area contributed by atoms with Gasteiger partial charge < -0.3 is 4.74 Å². The van der Waals surface area contributed by atoms with Crippen LogP contribution in [0.3, 0.4) is 0 Å². The van der Waals surface area contributed by atoms with Crippen molar-refractivity contribution in [2.75, 3.05) is 6.54 Å². The molecule has 0 aliphatic carbocycles. The van der Waals surface area contributed by atoms with E-state index in [4.69, 9.17) is 9.72 Å². The van der Waals surface area contributed by atoms with E-state index in [0.29, 0.717) is 0 Å². The van der Waals surface area contributed by atoms with Crippen molar-refractivity contribution in [3.05, 3.63) is 82.5 Å². The molecule has 0 bridgehead atoms. The summed E-state index contributed by atoms with van der Waals surface area (Å²) in [5, 5.41) is 0. The Kier molecular flexibility index (Phi) is 11.0. The molecule has 0 fully saturated rings. The highest BCUT2D eigenvalue weighted by Crippen LogP contribution is 2.34. The minimum Gasteiger partial charge on any atom is -0.491 e. The SMILES string of the molecule is CCCCCCN(Cc1ccccc1)Cc1c(OC(C)C)cc(-c2c(CC)cccc2CC)nc1C. The van der Waals surface area contributed by atoms with Crippen molar-refractivity contribution in [2.24, 2.45) is 0 Å². The zero-order valence-corrected chi connectivity index (χ0v) is 23.4. The normalized spacial score (nSPS) is 11.4. The monoisotopic (exact) mass is 486 g/mol. The fourth-order valence-electron chi connectivity index (χ4n) is 4.96. The van der Waals surface area contributed by atoms with Crippen molar-refractivity contribution in [1.82, 2.24) is 9.88 Å². The second-order valence-electron chi connectivity index (χ2n) is 10.2. The predicted molar refractivity (Wildman–Crippen MR) is 154 cm³/mol. The molecule has 0 amide bonds. The maximum Gasteiger partial charge on any atom is 0.128 e. The average molecular weight is 487 g/mol. The van der Waals surface area contributed by atoms with Crippen LogP contribution in [0.2, 0.25) is 0 Å². The minimum absolute atomic E-state index is 0.109. The zero-order chi connectivity index (χ0) is 25.9. The first-order valence-electron chi connectivity index (χ1n) is 14.0. The van der Waals surface area contributed by atoms with E-state index in [1.54, 1.807) is 0 Å². The highest BCUT2D eigenvalue weighted by atomic mass is 16.5. The molecular weight excluding hydrogens is 440 g/mol. The van der Waals surface area contributed by atoms with Gasteiger partial charge in [0.15, 0.2) is 0 Å². The number of hydrogen-bond donors (Lipinski definition) is 0. The largest absolute Gasteiger partial charge is 0.491 e. The van der Waals surface area contributed by atoms with Gasteiger partial charge in [-0.3, -0.25) is 9.88 Å². The molecule has 194 valence electrons. The molecule has 3 heteroatoms. The van der Waals surface area contributed by atoms with Crippen molar-refractivity contribution in [1.29, 1.82) is 0 Å². The Morgan fingerprint density at radius 1 is 0.833 bits per heavy atom. The van der Waals surface area contributed by atoms with E-state index < -0.39 is 0 Å². The summed E-state index contributed by atoms with van der Waals surface area (Å²) in [5.41, 5.74) is 8.67. The van der Waals surface area contributed by atoms with E-state index in [9.17, 15) is 0 Å². The number of hydrogen-bond acceptors (Lipinski definition) is 3. The van der Waals surface area contributed by atoms with Crippen LogP contribution in [-0.4, -0.2) is 22.5 Å². The molecule has 2 aromatic carbocycles. The number of aromatic nitrogens is 1. The van der Waals surface area contributed by atoms with E-state index in [2.05, 4.69) is 101 Å². The van der Waals surface area contributed by atoms with Crippen molar-refractivity contribution >= 4 is 0 Å². The number of rotatable bonds is 14. The van der Waals surface area contributed by atoms with Gasteiger partial charge in [-0.25, -0.2) is 0 Å². The van der Waals surface area contributed by atoms with Gasteiger partial charge in [0.25, 0.3) is 0 Å². The van der Waals surface area contributed by atoms with Crippen molar-refractivity contribution in [3.8, 4) is 17.0 Å². The summed E-state index contributed by atoms with van der Waals surface area (Å²) in [6.07, 6.45) is 7.15. The van der Waals surface area contributed by atoms with Gasteiger partial charge in [-0.05, 0) is 63.3 Å². The standard InChI is InChI=1S/C33H46N2O/c1-7-10-11-15-21-35(23-27-17-13-12-14-18-27)24-30-26(6)34-31(22-32(30)36-25(4)5)33-28(8-2)19-16-20-29(33)9-3/h12-14,16-20,22,25H,7-11,15,21,23-24H2,1-6H3. The minimum atomic E-state index is 0.109. The van der Waals surface area contributed by atoms with E-state index >= 15 is 0 Å². The van der Waals surface area contributed by atoms with Crippen LogP contribution in [-0.2, 0) is 25.9 Å². The van der Waals surface area contributed by atoms with Crippen LogP contribution in [0, 0.1) is 6.92 Å². The maximum atomic E-state index is 6.46. The lowest BCUT2D eigenvalue weighted by atomic mass is 9.94. The van der Waals surface area contributed by atoms with Crippen molar-refractivity contribution in [2.45, 2.75) is 99.3 Å². The lowest BCUT2D eigenvalue weighted by Gasteiger charge is -2.26. The third-order valence-electron chi connectivity index (χ3n) is 6.87. The number of pyridine rings is 1. The number of unbranched alkanes of at least 4 members (excludes halogenated alkanes) is 3. The molecule has 0 radical (unpaired) electrons. The summed E-state index contributed by atoms with van der Waals surface area (Å²) in [6, 6.07) is 19.7. The molecule has 3 nitrogen and oxygen atoms in total. The Balaban J connectivity index is 1.99. The Labute approximate surface area is 219 Å². The van der Waals surface area contributed by atoms with Crippen molar-refractivity contribution in [3.63, 3.8) is 0 Å². The molecule has 3 rings (SSSR count). The summed E-state index contributed by atoms with van der Waals surface area (Å²) in [5.74, 6) is 0.979. The van der Waals surface area contributed by atoms with Crippen LogP contribution in [0.1, 0.15) is 88.2 Å². The van der Waals surface area contributed by atoms with Gasteiger partial charge in [0.2, 0.25) is 0 Å². The van der Waals surface area contributed by atoms with Gasteiger partial charge in [-0.2, -0.15) is 0 Å². The maximum absolute atomic E-state index is 6.46. The number of aryl methyl sites for hydroxylation is 3. The highest BCUT2D eigenvalue weighted by molar-refractivity contribution is 5.70. The smallest absolute Gasteiger partial charge is 0.128 e. The third kappa shape index (κ3) is 7.67. The topological polar surface area (TPSA) is 25.4 Å². The van der Waals surface area contributed by atoms with Gasteiger partial charge in [0, 0.05) is 36.0 Å². The molecule has 1 heterocycles. The average Bonchev–Trinajstić information content (AvgIpc) is 2.87. The first kappa shape index (κ1) is 27.9. The predicted octanol–water partition coefficient (Wildman–Crippen LogP) is 8.55. The molecule has 0 N–H and O–H groups in total. The lowest BCUT2D eigenvalue weighted by molar-refractivity contribution is 0.220. The Morgan fingerprint density at radius 2 is 1.53 bits per heavy atom. The summed E-state index contributed by atoms with van der Waals surface area (Å²) in [4.78, 5) is 7.76. The second kappa shape index (κ2) is 14.2. The molecule has 0 saturated heterocycles. The van der Waals surface area contributed by atoms with Crippen LogP contribution in [0.25, 0.3) is 11.3 Å². The molecule has 0 atom stereocenters. The van der Waals surface area contributed by atoms with Crippen LogP contribution in [0.15, 0.2) is 54.6 Å². The quantitative estimate of drug-likeness (QED) is 0.213. The molecule has 0 aliphatic rings. The number of ether oxygens (including phenoxy) is 1. The van der Waals surface area contributed by atoms with Crippen LogP contribution >= 0.6 is 0 Å². The second-order valence-corrected chi connectivity index (χ2v) is 10.2. The summed E-state index contributed by atoms with van der Waals surface area (Å²) < 4.78 is 6.46. The summed E-state index contributed by atoms with van der Waals surface area (Å²) in [7, 11) is 0. The first-order chi connectivity index (χ1) is 17.5. The van der Waals surface area contributed by atoms with Gasteiger partial charge >= 0.3 is 0 Å². The molecular formula is C33H46N2O. The van der Waals surface area contributed by atoms with Crippen LogP contribution < -0.4 is 4.74 Å². The number of nitrogens with zero attached hydrogens (tertiary/aromatic N) is 2. The third-order valence-corrected chi connectivity index (χ3v) is 6.87. The first-order valence-corrected chi connectivity index (χ1v) is 14.0. The summed E-state index contributed by atoms with van der Waals surface area (Å²) >= 11 is 0. The van der Waals surface area contributed by atoms with E-state index in [1.165, 1.54) is 53.5 Å². The van der Waals surface area contributed by atoms with Gasteiger partial charge in [-0.15, -0.1) is 0 Å². The fraction of sp³-hybridized carbons (Fsp3) is 0.485. The molecule has 0 saturated carbocycles. The van der Waals surface area contributed by atoms with Crippen LogP contribution in [0.5, 0.6) is 5.75 Å². The van der Waals surface area contributed by atoms with Crippen LogP contribution in [0.4, 0.5) is 0 Å². The summed E-state index contributed by atoms with van der Waals surface area (Å²) in [6.45, 7) is 16.0. The Bertz CT molecular complexity index is 1050. The fourth-order valence-corrected chi connectivity index (χ4v) is 4.96. The molecule has 3 aromatic rings. The molecule has 0 aliphatic heterocycles. The van der Waals surface area contributed by atoms with Gasteiger partial charge in [-0.1, -0.05) is 88.6 Å². The molecule has 1 aromatic heterocycles. The van der Waals surface area contributed by atoms with E-state index in [0.717, 1.165) is 49.6 Å². The Hall–Kier alpha value is -2.65. The lowest BCUT2D eigenvalue weighted by Crippen LogP contribution is -2.25. The van der Waals surface area contributed by atoms with Crippen molar-refractivity contribution < 1.29 is 4.74 Å². The molecule has 0 spiro atoms. The van der Waals surface area contributed by atoms with E-state index in [-0.39, 0.29) is 6.10 Å².